The minimum atomic E-state index is -0.614. The molecule has 0 spiro atoms. The van der Waals surface area contributed by atoms with Crippen molar-refractivity contribution in [2.75, 3.05) is 6.54 Å². The minimum Gasteiger partial charge on any atom is -0.389 e. The fourth-order valence-corrected chi connectivity index (χ4v) is 7.08. The smallest absolute Gasteiger partial charge is 0.0771 e. The zero-order valence-electron chi connectivity index (χ0n) is 9.03. The molecule has 9 unspecified atom stereocenters. The first-order chi connectivity index (χ1) is 7.77. The quantitative estimate of drug-likeness (QED) is 0.427. The lowest BCUT2D eigenvalue weighted by atomic mass is 9.56. The molecule has 5 aliphatic rings. The predicted octanol–water partition coefficient (Wildman–Crippen LogP) is 1.81. The van der Waals surface area contributed by atoms with Crippen LogP contribution in [-0.4, -0.2) is 17.3 Å². The van der Waals surface area contributed by atoms with Gasteiger partial charge in [-0.1, -0.05) is 5.11 Å². The molecule has 5 fully saturated rings. The first-order valence-electron chi connectivity index (χ1n) is 6.50. The van der Waals surface area contributed by atoms with Crippen molar-refractivity contribution in [3.8, 4) is 0 Å². The van der Waals surface area contributed by atoms with Crippen molar-refractivity contribution < 1.29 is 5.11 Å². The van der Waals surface area contributed by atoms with E-state index in [0.717, 1.165) is 35.5 Å². The van der Waals surface area contributed by atoms with Crippen LogP contribution >= 0.6 is 0 Å². The predicted molar refractivity (Wildman–Crippen MR) is 56.1 cm³/mol. The zero-order chi connectivity index (χ0) is 10.7. The van der Waals surface area contributed by atoms with Crippen LogP contribution in [0.1, 0.15) is 12.8 Å². The summed E-state index contributed by atoms with van der Waals surface area (Å²) in [4.78, 5) is 2.85. The van der Waals surface area contributed by atoms with Crippen LogP contribution in [0.4, 0.5) is 0 Å². The van der Waals surface area contributed by atoms with Gasteiger partial charge < -0.3 is 5.11 Å². The van der Waals surface area contributed by atoms with Crippen molar-refractivity contribution in [1.82, 2.24) is 0 Å². The normalized spacial score (nSPS) is 70.8. The number of hydrogen-bond acceptors (Lipinski definition) is 2. The lowest BCUT2D eigenvalue weighted by Gasteiger charge is -2.51. The van der Waals surface area contributed by atoms with E-state index in [9.17, 15) is 5.11 Å². The largest absolute Gasteiger partial charge is 0.389 e. The highest BCUT2D eigenvalue weighted by atomic mass is 16.3. The van der Waals surface area contributed by atoms with Gasteiger partial charge in [-0.2, -0.15) is 0 Å². The molecule has 0 aromatic heterocycles. The maximum Gasteiger partial charge on any atom is 0.0771 e. The second-order valence-corrected chi connectivity index (χ2v) is 6.71. The van der Waals surface area contributed by atoms with Gasteiger partial charge in [0.1, 0.15) is 0 Å². The van der Waals surface area contributed by atoms with Gasteiger partial charge in [0.2, 0.25) is 0 Å². The average Bonchev–Trinajstić information content (AvgIpc) is 2.73. The lowest BCUT2D eigenvalue weighted by Crippen LogP contribution is -2.55. The van der Waals surface area contributed by atoms with Gasteiger partial charge >= 0.3 is 0 Å². The van der Waals surface area contributed by atoms with Crippen LogP contribution in [0.25, 0.3) is 10.4 Å². The van der Waals surface area contributed by atoms with Crippen molar-refractivity contribution in [2.24, 2.45) is 52.5 Å². The van der Waals surface area contributed by atoms with E-state index < -0.39 is 5.60 Å². The molecule has 0 amide bonds. The molecule has 4 heteroatoms. The number of aliphatic hydroxyl groups is 1. The standard InChI is InChI=1S/C12H15N3O/c13-15-14-3-12(16)10-5-2-6-8-4(5)1-7(10)9(8)11(6)12/h4-11,16H,1-3H2. The molecule has 0 heterocycles. The van der Waals surface area contributed by atoms with E-state index in [0.29, 0.717) is 18.4 Å². The first-order valence-corrected chi connectivity index (χ1v) is 6.50. The van der Waals surface area contributed by atoms with E-state index in [1.807, 2.05) is 0 Å². The monoisotopic (exact) mass is 217 g/mol. The highest BCUT2D eigenvalue weighted by Gasteiger charge is 2.84. The molecule has 0 radical (unpaired) electrons. The summed E-state index contributed by atoms with van der Waals surface area (Å²) in [5.41, 5.74) is 7.87. The number of rotatable bonds is 2. The Morgan fingerprint density at radius 1 is 1.12 bits per heavy atom. The maximum absolute atomic E-state index is 10.9. The van der Waals surface area contributed by atoms with Crippen LogP contribution in [0.5, 0.6) is 0 Å². The van der Waals surface area contributed by atoms with Crippen LogP contribution in [-0.2, 0) is 0 Å². The number of nitrogens with zero attached hydrogens (tertiary/aromatic N) is 3. The molecule has 16 heavy (non-hydrogen) atoms. The van der Waals surface area contributed by atoms with Crippen LogP contribution in [0.3, 0.4) is 0 Å². The van der Waals surface area contributed by atoms with E-state index >= 15 is 0 Å². The lowest BCUT2D eigenvalue weighted by molar-refractivity contribution is -0.123. The molecule has 5 rings (SSSR count). The Balaban J connectivity index is 1.67. The second kappa shape index (κ2) is 2.14. The first kappa shape index (κ1) is 8.37. The Labute approximate surface area is 93.7 Å². The minimum absolute atomic E-state index is 0.332. The fourth-order valence-electron chi connectivity index (χ4n) is 7.08. The van der Waals surface area contributed by atoms with Crippen molar-refractivity contribution in [3.05, 3.63) is 10.4 Å². The number of fused-ring (bicyclic) bond motifs is 2. The highest BCUT2D eigenvalue weighted by molar-refractivity contribution is 5.32. The maximum atomic E-state index is 10.9. The van der Waals surface area contributed by atoms with E-state index in [1.165, 1.54) is 12.8 Å². The van der Waals surface area contributed by atoms with Crippen molar-refractivity contribution in [3.63, 3.8) is 0 Å². The summed E-state index contributed by atoms with van der Waals surface area (Å²) in [6.07, 6.45) is 2.74. The Morgan fingerprint density at radius 2 is 1.88 bits per heavy atom. The van der Waals surface area contributed by atoms with Gasteiger partial charge in [0.05, 0.1) is 12.1 Å². The molecule has 0 aromatic carbocycles. The third-order valence-electron chi connectivity index (χ3n) is 6.91. The SMILES string of the molecule is [N-]=[N+]=NCC1(O)C2C3CC4C5C3CC2C5C41. The van der Waals surface area contributed by atoms with E-state index in [4.69, 9.17) is 5.53 Å². The van der Waals surface area contributed by atoms with E-state index in [1.54, 1.807) is 0 Å². The molecule has 0 aliphatic heterocycles. The van der Waals surface area contributed by atoms with Crippen molar-refractivity contribution in [2.45, 2.75) is 18.4 Å². The van der Waals surface area contributed by atoms with Gasteiger partial charge in [0.25, 0.3) is 0 Å². The Hall–Kier alpha value is -0.730. The molecule has 84 valence electrons. The molecule has 9 atom stereocenters. The summed E-state index contributed by atoms with van der Waals surface area (Å²) in [6, 6.07) is 0. The molecule has 5 aliphatic carbocycles. The summed E-state index contributed by atoms with van der Waals surface area (Å²) in [6.45, 7) is 0.332. The summed E-state index contributed by atoms with van der Waals surface area (Å²) in [5.74, 6) is 5.99. The molecule has 0 saturated heterocycles. The zero-order valence-corrected chi connectivity index (χ0v) is 9.03. The summed E-state index contributed by atoms with van der Waals surface area (Å²) >= 11 is 0. The average molecular weight is 217 g/mol. The van der Waals surface area contributed by atoms with Crippen LogP contribution in [0.15, 0.2) is 5.11 Å². The molecule has 0 aromatic rings. The number of azide groups is 1. The van der Waals surface area contributed by atoms with Crippen LogP contribution in [0, 0.1) is 47.3 Å². The van der Waals surface area contributed by atoms with Gasteiger partial charge in [-0.25, -0.2) is 0 Å². The Kier molecular flexibility index (Phi) is 1.12. The van der Waals surface area contributed by atoms with Gasteiger partial charge in [-0.05, 0) is 65.7 Å². The number of hydrogen-bond donors (Lipinski definition) is 1. The van der Waals surface area contributed by atoms with Crippen molar-refractivity contribution >= 4 is 0 Å². The molecule has 4 nitrogen and oxygen atoms in total. The third-order valence-corrected chi connectivity index (χ3v) is 6.91. The second-order valence-electron chi connectivity index (χ2n) is 6.71. The molecular formula is C12H15N3O. The van der Waals surface area contributed by atoms with Crippen LogP contribution < -0.4 is 0 Å². The topological polar surface area (TPSA) is 69.0 Å². The Bertz CT molecular complexity index is 440. The molecular weight excluding hydrogens is 202 g/mol. The molecule has 2 bridgehead atoms. The van der Waals surface area contributed by atoms with Gasteiger partial charge in [-0.15, -0.1) is 0 Å². The third kappa shape index (κ3) is 0.550. The summed E-state index contributed by atoms with van der Waals surface area (Å²) < 4.78 is 0. The van der Waals surface area contributed by atoms with E-state index in [2.05, 4.69) is 10.0 Å². The van der Waals surface area contributed by atoms with Crippen molar-refractivity contribution in [1.29, 1.82) is 0 Å². The Morgan fingerprint density at radius 3 is 2.69 bits per heavy atom. The van der Waals surface area contributed by atoms with Gasteiger partial charge in [0.15, 0.2) is 0 Å². The van der Waals surface area contributed by atoms with Crippen LogP contribution in [0.2, 0.25) is 0 Å². The fraction of sp³-hybridized carbons (Fsp3) is 1.00. The van der Waals surface area contributed by atoms with Gasteiger partial charge in [-0.3, -0.25) is 0 Å². The highest BCUT2D eigenvalue weighted by Crippen LogP contribution is 2.85. The molecule has 1 N–H and O–H groups in total. The summed E-state index contributed by atoms with van der Waals surface area (Å²) in [5, 5.41) is 14.6. The van der Waals surface area contributed by atoms with E-state index in [-0.39, 0.29) is 0 Å². The molecule has 5 saturated carbocycles. The van der Waals surface area contributed by atoms with Gasteiger partial charge in [0, 0.05) is 4.91 Å². The summed E-state index contributed by atoms with van der Waals surface area (Å²) in [7, 11) is 0.